The van der Waals surface area contributed by atoms with Gasteiger partial charge in [0.15, 0.2) is 0 Å². The van der Waals surface area contributed by atoms with Crippen LogP contribution in [-0.4, -0.2) is 5.16 Å². The van der Waals surface area contributed by atoms with Crippen molar-refractivity contribution < 1.29 is 8.91 Å². The second kappa shape index (κ2) is 4.79. The lowest BCUT2D eigenvalue weighted by Gasteiger charge is -2.00. The normalized spacial score (nSPS) is 10.8. The maximum atomic E-state index is 13.0. The Bertz CT molecular complexity index is 721. The average molecular weight is 339 g/mol. The number of hydrogen-bond acceptors (Lipinski definition) is 4. The van der Waals surface area contributed by atoms with Gasteiger partial charge < -0.3 is 10.3 Å². The molecule has 0 unspecified atom stereocenters. The molecule has 3 nitrogen and oxygen atoms in total. The van der Waals surface area contributed by atoms with E-state index in [-0.39, 0.29) is 11.7 Å². The summed E-state index contributed by atoms with van der Waals surface area (Å²) in [5, 5.41) is 3.99. The smallest absolute Gasteiger partial charge is 0.230 e. The molecule has 3 rings (SSSR count). The van der Waals surface area contributed by atoms with Gasteiger partial charge in [0.2, 0.25) is 5.88 Å². The van der Waals surface area contributed by atoms with Crippen LogP contribution < -0.4 is 5.73 Å². The van der Waals surface area contributed by atoms with Gasteiger partial charge in [0, 0.05) is 0 Å². The molecule has 0 spiro atoms. The molecule has 1 aromatic carbocycles. The van der Waals surface area contributed by atoms with Crippen LogP contribution in [0, 0.1) is 5.82 Å². The first kappa shape index (κ1) is 12.4. The summed E-state index contributed by atoms with van der Waals surface area (Å²) in [7, 11) is 0. The lowest BCUT2D eigenvalue weighted by molar-refractivity contribution is 0.439. The summed E-state index contributed by atoms with van der Waals surface area (Å²) in [5.41, 5.74) is 7.96. The highest BCUT2D eigenvalue weighted by Gasteiger charge is 2.18. The number of halogens is 2. The standard InChI is InChI=1S/C13H8BrFN2OS/c14-10-6-5-9(19-10)12-11(13(16)18-17-12)7-1-3-8(15)4-2-7/h1-6H,16H2. The van der Waals surface area contributed by atoms with Gasteiger partial charge in [-0.3, -0.25) is 0 Å². The zero-order valence-electron chi connectivity index (χ0n) is 9.56. The third-order valence-electron chi connectivity index (χ3n) is 2.66. The lowest BCUT2D eigenvalue weighted by atomic mass is 10.0. The molecule has 0 saturated heterocycles. The fourth-order valence-corrected chi connectivity index (χ4v) is 3.18. The molecule has 0 aliphatic heterocycles. The van der Waals surface area contributed by atoms with Gasteiger partial charge in [-0.25, -0.2) is 4.39 Å². The molecule has 3 aromatic rings. The predicted molar refractivity (Wildman–Crippen MR) is 77.3 cm³/mol. The van der Waals surface area contributed by atoms with Crippen molar-refractivity contribution in [2.24, 2.45) is 0 Å². The molecular weight excluding hydrogens is 331 g/mol. The zero-order valence-corrected chi connectivity index (χ0v) is 12.0. The van der Waals surface area contributed by atoms with Crippen molar-refractivity contribution in [3.05, 3.63) is 46.0 Å². The molecule has 0 amide bonds. The van der Waals surface area contributed by atoms with Crippen LogP contribution in [0.1, 0.15) is 0 Å². The minimum absolute atomic E-state index is 0.228. The number of nitrogens with two attached hydrogens (primary N) is 1. The van der Waals surface area contributed by atoms with E-state index < -0.39 is 0 Å². The fraction of sp³-hybridized carbons (Fsp3) is 0. The quantitative estimate of drug-likeness (QED) is 0.745. The second-order valence-electron chi connectivity index (χ2n) is 3.88. The number of rotatable bonds is 2. The number of benzene rings is 1. The van der Waals surface area contributed by atoms with Crippen molar-refractivity contribution in [1.29, 1.82) is 0 Å². The van der Waals surface area contributed by atoms with Crippen molar-refractivity contribution in [2.45, 2.75) is 0 Å². The van der Waals surface area contributed by atoms with Gasteiger partial charge in [-0.05, 0) is 45.8 Å². The van der Waals surface area contributed by atoms with Crippen LogP contribution in [0.5, 0.6) is 0 Å². The number of nitrogens with zero attached hydrogens (tertiary/aromatic N) is 1. The van der Waals surface area contributed by atoms with Crippen LogP contribution in [0.2, 0.25) is 0 Å². The number of thiophene rings is 1. The van der Waals surface area contributed by atoms with Gasteiger partial charge in [0.25, 0.3) is 0 Å². The van der Waals surface area contributed by atoms with Gasteiger partial charge in [0.05, 0.1) is 14.2 Å². The summed E-state index contributed by atoms with van der Waals surface area (Å²) < 4.78 is 19.0. The highest BCUT2D eigenvalue weighted by atomic mass is 79.9. The summed E-state index contributed by atoms with van der Waals surface area (Å²) in [6.07, 6.45) is 0. The van der Waals surface area contributed by atoms with Gasteiger partial charge in [0.1, 0.15) is 11.5 Å². The lowest BCUT2D eigenvalue weighted by Crippen LogP contribution is -1.87. The Morgan fingerprint density at radius 1 is 1.16 bits per heavy atom. The topological polar surface area (TPSA) is 52.0 Å². The van der Waals surface area contributed by atoms with E-state index in [2.05, 4.69) is 21.1 Å². The zero-order chi connectivity index (χ0) is 13.4. The van der Waals surface area contributed by atoms with E-state index in [1.807, 2.05) is 12.1 Å². The third-order valence-corrected chi connectivity index (χ3v) is 4.29. The molecule has 2 heterocycles. The number of aromatic nitrogens is 1. The second-order valence-corrected chi connectivity index (χ2v) is 6.34. The highest BCUT2D eigenvalue weighted by Crippen LogP contribution is 2.40. The molecule has 2 N–H and O–H groups in total. The molecule has 2 aromatic heterocycles. The molecule has 0 bridgehead atoms. The first-order valence-electron chi connectivity index (χ1n) is 5.42. The highest BCUT2D eigenvalue weighted by molar-refractivity contribution is 9.11. The van der Waals surface area contributed by atoms with Crippen LogP contribution in [0.15, 0.2) is 44.7 Å². The Kier molecular flexibility index (Phi) is 3.12. The maximum absolute atomic E-state index is 13.0. The monoisotopic (exact) mass is 338 g/mol. The van der Waals surface area contributed by atoms with Crippen LogP contribution >= 0.6 is 27.3 Å². The molecule has 0 aliphatic rings. The molecule has 19 heavy (non-hydrogen) atoms. The first-order chi connectivity index (χ1) is 9.15. The van der Waals surface area contributed by atoms with Crippen LogP contribution in [-0.2, 0) is 0 Å². The minimum Gasteiger partial charge on any atom is -0.367 e. The van der Waals surface area contributed by atoms with E-state index in [9.17, 15) is 4.39 Å². The van der Waals surface area contributed by atoms with Crippen molar-refractivity contribution in [2.75, 3.05) is 5.73 Å². The molecule has 96 valence electrons. The van der Waals surface area contributed by atoms with E-state index >= 15 is 0 Å². The van der Waals surface area contributed by atoms with E-state index in [4.69, 9.17) is 10.3 Å². The van der Waals surface area contributed by atoms with Gasteiger partial charge >= 0.3 is 0 Å². The number of anilines is 1. The summed E-state index contributed by atoms with van der Waals surface area (Å²) in [6.45, 7) is 0. The van der Waals surface area contributed by atoms with Gasteiger partial charge in [-0.2, -0.15) is 0 Å². The van der Waals surface area contributed by atoms with E-state index in [1.54, 1.807) is 12.1 Å². The Hall–Kier alpha value is -1.66. The predicted octanol–water partition coefficient (Wildman–Crippen LogP) is 4.55. The van der Waals surface area contributed by atoms with Crippen molar-refractivity contribution in [1.82, 2.24) is 5.16 Å². The Labute approximate surface area is 121 Å². The molecular formula is C13H8BrFN2OS. The molecule has 0 fully saturated rings. The van der Waals surface area contributed by atoms with Gasteiger partial charge in [-0.15, -0.1) is 11.3 Å². The van der Waals surface area contributed by atoms with Crippen molar-refractivity contribution >= 4 is 33.2 Å². The maximum Gasteiger partial charge on any atom is 0.230 e. The van der Waals surface area contributed by atoms with Crippen LogP contribution in [0.3, 0.4) is 0 Å². The Morgan fingerprint density at radius 3 is 2.53 bits per heavy atom. The summed E-state index contributed by atoms with van der Waals surface area (Å²) in [5.74, 6) is -0.0645. The van der Waals surface area contributed by atoms with E-state index in [0.29, 0.717) is 11.3 Å². The minimum atomic E-state index is -0.292. The first-order valence-corrected chi connectivity index (χ1v) is 7.03. The largest absolute Gasteiger partial charge is 0.367 e. The third kappa shape index (κ3) is 2.29. The summed E-state index contributed by atoms with van der Waals surface area (Å²) in [6, 6.07) is 9.94. The fourth-order valence-electron chi connectivity index (χ4n) is 1.81. The molecule has 0 radical (unpaired) electrons. The summed E-state index contributed by atoms with van der Waals surface area (Å²) in [4.78, 5) is 0.937. The molecule has 0 saturated carbocycles. The van der Waals surface area contributed by atoms with Crippen LogP contribution in [0.25, 0.3) is 21.7 Å². The molecule has 0 aliphatic carbocycles. The Morgan fingerprint density at radius 2 is 1.89 bits per heavy atom. The van der Waals surface area contributed by atoms with E-state index in [0.717, 1.165) is 14.2 Å². The number of nitrogen functional groups attached to an aromatic ring is 1. The van der Waals surface area contributed by atoms with E-state index in [1.165, 1.54) is 23.5 Å². The van der Waals surface area contributed by atoms with Crippen molar-refractivity contribution in [3.63, 3.8) is 0 Å². The molecule has 0 atom stereocenters. The molecule has 6 heteroatoms. The average Bonchev–Trinajstić information content (AvgIpc) is 2.97. The summed E-state index contributed by atoms with van der Waals surface area (Å²) >= 11 is 4.94. The Balaban J connectivity index is 2.16. The van der Waals surface area contributed by atoms with Gasteiger partial charge in [-0.1, -0.05) is 17.3 Å². The number of hydrogen-bond donors (Lipinski definition) is 1. The SMILES string of the molecule is Nc1onc(-c2ccc(Br)s2)c1-c1ccc(F)cc1. The van der Waals surface area contributed by atoms with Crippen LogP contribution in [0.4, 0.5) is 10.3 Å². The van der Waals surface area contributed by atoms with Crippen molar-refractivity contribution in [3.8, 4) is 21.7 Å².